The van der Waals surface area contributed by atoms with E-state index in [0.717, 1.165) is 5.56 Å². The highest BCUT2D eigenvalue weighted by Gasteiger charge is 2.18. The summed E-state index contributed by atoms with van der Waals surface area (Å²) in [5.74, 6) is 0.0243. The fourth-order valence-electron chi connectivity index (χ4n) is 2.13. The van der Waals surface area contributed by atoms with Crippen molar-refractivity contribution in [1.82, 2.24) is 0 Å². The van der Waals surface area contributed by atoms with Crippen LogP contribution in [-0.2, 0) is 21.3 Å². The first-order valence-corrected chi connectivity index (χ1v) is 8.79. The van der Waals surface area contributed by atoms with Crippen LogP contribution in [-0.4, -0.2) is 8.42 Å². The van der Waals surface area contributed by atoms with E-state index in [1.165, 1.54) is 0 Å². The molecule has 0 aliphatic rings. The molecule has 4 nitrogen and oxygen atoms in total. The van der Waals surface area contributed by atoms with Gasteiger partial charge in [-0.25, -0.2) is 0 Å². The van der Waals surface area contributed by atoms with Crippen LogP contribution in [0.5, 0.6) is 5.75 Å². The maximum atomic E-state index is 12.2. The highest BCUT2D eigenvalue weighted by molar-refractivity contribution is 7.86. The van der Waals surface area contributed by atoms with Crippen LogP contribution in [0.4, 0.5) is 0 Å². The Morgan fingerprint density at radius 3 is 2.43 bits per heavy atom. The standard InChI is InChI=1S/C18H19NO3S/c1-18(2,3)16-8-5-9-17(11-16)22-23(20,21)13-15-7-4-6-14(10-15)12-19/h4-11H,13H2,1-3H3. The minimum Gasteiger partial charge on any atom is -0.382 e. The minimum absolute atomic E-state index is 0.0930. The van der Waals surface area contributed by atoms with Gasteiger partial charge in [0.1, 0.15) is 11.5 Å². The summed E-state index contributed by atoms with van der Waals surface area (Å²) in [4.78, 5) is 0. The third-order valence-electron chi connectivity index (χ3n) is 3.32. The van der Waals surface area contributed by atoms with Crippen molar-refractivity contribution in [1.29, 1.82) is 5.26 Å². The molecule has 0 saturated carbocycles. The van der Waals surface area contributed by atoms with Gasteiger partial charge in [-0.1, -0.05) is 45.0 Å². The van der Waals surface area contributed by atoms with E-state index in [-0.39, 0.29) is 11.2 Å². The van der Waals surface area contributed by atoms with Gasteiger partial charge in [0.25, 0.3) is 0 Å². The van der Waals surface area contributed by atoms with Crippen molar-refractivity contribution < 1.29 is 12.6 Å². The summed E-state index contributed by atoms with van der Waals surface area (Å²) in [6.07, 6.45) is 0. The molecule has 0 fully saturated rings. The largest absolute Gasteiger partial charge is 0.382 e. The van der Waals surface area contributed by atoms with Gasteiger partial charge in [0, 0.05) is 0 Å². The smallest absolute Gasteiger partial charge is 0.313 e. The van der Waals surface area contributed by atoms with E-state index in [1.807, 2.05) is 32.9 Å². The topological polar surface area (TPSA) is 67.2 Å². The van der Waals surface area contributed by atoms with E-state index in [9.17, 15) is 8.42 Å². The second-order valence-corrected chi connectivity index (χ2v) is 7.95. The van der Waals surface area contributed by atoms with Gasteiger partial charge in [0.05, 0.1) is 11.6 Å². The molecule has 0 aliphatic heterocycles. The van der Waals surface area contributed by atoms with Crippen molar-refractivity contribution in [3.05, 3.63) is 65.2 Å². The van der Waals surface area contributed by atoms with Crippen molar-refractivity contribution in [3.8, 4) is 11.8 Å². The molecule has 5 heteroatoms. The highest BCUT2D eigenvalue weighted by Crippen LogP contribution is 2.26. The summed E-state index contributed by atoms with van der Waals surface area (Å²) < 4.78 is 29.7. The lowest BCUT2D eigenvalue weighted by Gasteiger charge is -2.19. The molecule has 0 unspecified atom stereocenters. The van der Waals surface area contributed by atoms with Crippen LogP contribution in [0.2, 0.25) is 0 Å². The first-order chi connectivity index (χ1) is 10.7. The van der Waals surface area contributed by atoms with Gasteiger partial charge in [0.2, 0.25) is 0 Å². The third kappa shape index (κ3) is 4.83. The fraction of sp³-hybridized carbons (Fsp3) is 0.278. The maximum absolute atomic E-state index is 12.2. The lowest BCUT2D eigenvalue weighted by atomic mass is 9.87. The molecule has 0 radical (unpaired) electrons. The molecule has 0 spiro atoms. The summed E-state index contributed by atoms with van der Waals surface area (Å²) in [5.41, 5.74) is 1.85. The van der Waals surface area contributed by atoms with Crippen molar-refractivity contribution in [2.75, 3.05) is 0 Å². The van der Waals surface area contributed by atoms with E-state index >= 15 is 0 Å². The average molecular weight is 329 g/mol. The SMILES string of the molecule is CC(C)(C)c1cccc(OS(=O)(=O)Cc2cccc(C#N)c2)c1. The first kappa shape index (κ1) is 17.0. The van der Waals surface area contributed by atoms with E-state index in [2.05, 4.69) is 0 Å². The number of hydrogen-bond acceptors (Lipinski definition) is 4. The molecular weight excluding hydrogens is 310 g/mol. The summed E-state index contributed by atoms with van der Waals surface area (Å²) in [7, 11) is -3.78. The van der Waals surface area contributed by atoms with Crippen LogP contribution in [0.15, 0.2) is 48.5 Å². The second-order valence-electron chi connectivity index (χ2n) is 6.38. The number of nitriles is 1. The highest BCUT2D eigenvalue weighted by atomic mass is 32.2. The molecule has 0 N–H and O–H groups in total. The molecular formula is C18H19NO3S. The van der Waals surface area contributed by atoms with Gasteiger partial charge < -0.3 is 4.18 Å². The quantitative estimate of drug-likeness (QED) is 0.801. The zero-order chi connectivity index (χ0) is 17.1. The van der Waals surface area contributed by atoms with Crippen molar-refractivity contribution >= 4 is 10.1 Å². The molecule has 2 rings (SSSR count). The average Bonchev–Trinajstić information content (AvgIpc) is 2.45. The third-order valence-corrected chi connectivity index (χ3v) is 4.46. The van der Waals surface area contributed by atoms with Crippen LogP contribution < -0.4 is 4.18 Å². The lowest BCUT2D eigenvalue weighted by molar-refractivity contribution is 0.483. The second kappa shape index (κ2) is 6.43. The molecule has 2 aromatic carbocycles. The number of hydrogen-bond donors (Lipinski definition) is 0. The Hall–Kier alpha value is -2.32. The molecule has 2 aromatic rings. The summed E-state index contributed by atoms with van der Waals surface area (Å²) in [6.45, 7) is 6.15. The Bertz CT molecular complexity index is 843. The van der Waals surface area contributed by atoms with Crippen LogP contribution in [0.1, 0.15) is 37.5 Å². The van der Waals surface area contributed by atoms with Crippen molar-refractivity contribution in [2.24, 2.45) is 0 Å². The molecule has 0 heterocycles. The van der Waals surface area contributed by atoms with Gasteiger partial charge in [-0.2, -0.15) is 13.7 Å². The predicted molar refractivity (Wildman–Crippen MR) is 89.6 cm³/mol. The van der Waals surface area contributed by atoms with Crippen LogP contribution in [0.25, 0.3) is 0 Å². The maximum Gasteiger partial charge on any atom is 0.313 e. The van der Waals surface area contributed by atoms with Gasteiger partial charge in [0.15, 0.2) is 0 Å². The Morgan fingerprint density at radius 2 is 1.78 bits per heavy atom. The van der Waals surface area contributed by atoms with Gasteiger partial charge in [-0.15, -0.1) is 0 Å². The Morgan fingerprint density at radius 1 is 1.09 bits per heavy atom. The molecule has 0 saturated heterocycles. The van der Waals surface area contributed by atoms with Crippen molar-refractivity contribution in [3.63, 3.8) is 0 Å². The van der Waals surface area contributed by atoms with Crippen LogP contribution in [0.3, 0.4) is 0 Å². The number of nitrogens with zero attached hydrogens (tertiary/aromatic N) is 1. The van der Waals surface area contributed by atoms with E-state index in [0.29, 0.717) is 16.9 Å². The normalized spacial score (nSPS) is 11.7. The zero-order valence-electron chi connectivity index (χ0n) is 13.4. The molecule has 0 bridgehead atoms. The first-order valence-electron chi connectivity index (χ1n) is 7.21. The Kier molecular flexibility index (Phi) is 4.76. The predicted octanol–water partition coefficient (Wildman–Crippen LogP) is 3.76. The molecule has 0 atom stereocenters. The van der Waals surface area contributed by atoms with E-state index in [1.54, 1.807) is 42.5 Å². The van der Waals surface area contributed by atoms with Crippen LogP contribution in [0, 0.1) is 11.3 Å². The van der Waals surface area contributed by atoms with Gasteiger partial charge in [-0.05, 0) is 40.8 Å². The number of benzene rings is 2. The van der Waals surface area contributed by atoms with E-state index < -0.39 is 10.1 Å². The summed E-state index contributed by atoms with van der Waals surface area (Å²) in [5, 5.41) is 8.87. The van der Waals surface area contributed by atoms with Crippen molar-refractivity contribution in [2.45, 2.75) is 31.9 Å². The Balaban J connectivity index is 2.20. The minimum atomic E-state index is -3.78. The van der Waals surface area contributed by atoms with Crippen LogP contribution >= 0.6 is 0 Å². The summed E-state index contributed by atoms with van der Waals surface area (Å²) in [6, 6.07) is 15.6. The molecule has 120 valence electrons. The Labute approximate surface area is 137 Å². The fourth-order valence-corrected chi connectivity index (χ4v) is 3.17. The lowest BCUT2D eigenvalue weighted by Crippen LogP contribution is -2.14. The van der Waals surface area contributed by atoms with E-state index in [4.69, 9.17) is 9.44 Å². The van der Waals surface area contributed by atoms with Gasteiger partial charge >= 0.3 is 10.1 Å². The van der Waals surface area contributed by atoms with Gasteiger partial charge in [-0.3, -0.25) is 0 Å². The number of rotatable bonds is 4. The molecule has 0 aromatic heterocycles. The molecule has 23 heavy (non-hydrogen) atoms. The monoisotopic (exact) mass is 329 g/mol. The molecule has 0 amide bonds. The summed E-state index contributed by atoms with van der Waals surface area (Å²) >= 11 is 0. The zero-order valence-corrected chi connectivity index (χ0v) is 14.2. The molecule has 0 aliphatic carbocycles.